The Morgan fingerprint density at radius 3 is 2.48 bits per heavy atom. The summed E-state index contributed by atoms with van der Waals surface area (Å²) >= 11 is 0. The minimum Gasteiger partial charge on any atom is -0.497 e. The molecule has 0 radical (unpaired) electrons. The first kappa shape index (κ1) is 17.3. The molecule has 0 aromatic heterocycles. The number of benzene rings is 1. The molecule has 0 atom stereocenters. The summed E-state index contributed by atoms with van der Waals surface area (Å²) in [6.07, 6.45) is 0.362. The maximum absolute atomic E-state index is 11.7. The first-order valence-corrected chi connectivity index (χ1v) is 7.92. The molecule has 0 unspecified atom stereocenters. The fourth-order valence-corrected chi connectivity index (χ4v) is 2.61. The quantitative estimate of drug-likeness (QED) is 0.755. The maximum Gasteiger partial charge on any atom is 0.234 e. The second-order valence-corrected chi connectivity index (χ2v) is 5.66. The van der Waals surface area contributed by atoms with Gasteiger partial charge in [-0.1, -0.05) is 12.1 Å². The summed E-state index contributed by atoms with van der Waals surface area (Å²) in [6.45, 7) is 5.47. The van der Waals surface area contributed by atoms with Gasteiger partial charge in [-0.05, 0) is 17.7 Å². The van der Waals surface area contributed by atoms with Crippen LogP contribution in [0.5, 0.6) is 5.75 Å². The number of hydrogen-bond donors (Lipinski definition) is 1. The molecule has 1 aliphatic heterocycles. The normalized spacial score (nSPS) is 15.8. The van der Waals surface area contributed by atoms with Gasteiger partial charge in [-0.15, -0.1) is 0 Å². The predicted molar refractivity (Wildman–Crippen MR) is 88.0 cm³/mol. The summed E-state index contributed by atoms with van der Waals surface area (Å²) in [5, 5.41) is 11.2. The molecular formula is C17H24N4O2. The molecule has 1 heterocycles. The second-order valence-electron chi connectivity index (χ2n) is 5.66. The molecule has 23 heavy (non-hydrogen) atoms. The van der Waals surface area contributed by atoms with Crippen molar-refractivity contribution in [2.75, 3.05) is 46.4 Å². The van der Waals surface area contributed by atoms with Gasteiger partial charge in [0.25, 0.3) is 0 Å². The van der Waals surface area contributed by atoms with E-state index in [1.807, 2.05) is 18.2 Å². The summed E-state index contributed by atoms with van der Waals surface area (Å²) in [4.78, 5) is 16.3. The number of carbonyl (C=O) groups excluding carboxylic acids is 1. The van der Waals surface area contributed by atoms with Gasteiger partial charge in [0.2, 0.25) is 5.91 Å². The predicted octanol–water partition coefficient (Wildman–Crippen LogP) is 0.843. The summed E-state index contributed by atoms with van der Waals surface area (Å²) in [6, 6.07) is 10.2. The lowest BCUT2D eigenvalue weighted by Gasteiger charge is -2.34. The number of rotatable bonds is 7. The molecule has 0 bridgehead atoms. The van der Waals surface area contributed by atoms with Crippen LogP contribution in [0.3, 0.4) is 0 Å². The lowest BCUT2D eigenvalue weighted by Crippen LogP contribution is -2.49. The number of methoxy groups -OCH3 is 1. The largest absolute Gasteiger partial charge is 0.497 e. The zero-order valence-corrected chi connectivity index (χ0v) is 13.6. The molecule has 1 saturated heterocycles. The van der Waals surface area contributed by atoms with Crippen LogP contribution >= 0.6 is 0 Å². The number of carbonyl (C=O) groups is 1. The minimum atomic E-state index is 0.00357. The number of nitrogens with zero attached hydrogens (tertiary/aromatic N) is 3. The molecule has 6 nitrogen and oxygen atoms in total. The fourth-order valence-electron chi connectivity index (χ4n) is 2.61. The van der Waals surface area contributed by atoms with Crippen molar-refractivity contribution >= 4 is 5.91 Å². The molecular weight excluding hydrogens is 292 g/mol. The fraction of sp³-hybridized carbons (Fsp3) is 0.529. The molecule has 0 aliphatic carbocycles. The highest BCUT2D eigenvalue weighted by molar-refractivity contribution is 5.78. The van der Waals surface area contributed by atoms with Gasteiger partial charge in [0, 0.05) is 39.3 Å². The molecule has 1 amide bonds. The third kappa shape index (κ3) is 5.89. The zero-order valence-electron chi connectivity index (χ0n) is 13.6. The zero-order chi connectivity index (χ0) is 16.5. The minimum absolute atomic E-state index is 0.00357. The van der Waals surface area contributed by atoms with Crippen LogP contribution in [-0.4, -0.2) is 62.1 Å². The topological polar surface area (TPSA) is 68.6 Å². The number of nitriles is 1. The first-order chi connectivity index (χ1) is 11.2. The van der Waals surface area contributed by atoms with Gasteiger partial charge in [-0.2, -0.15) is 5.26 Å². The molecule has 1 aromatic carbocycles. The van der Waals surface area contributed by atoms with Gasteiger partial charge in [0.05, 0.1) is 26.1 Å². The Bertz CT molecular complexity index is 531. The van der Waals surface area contributed by atoms with Gasteiger partial charge in [0.1, 0.15) is 5.75 Å². The van der Waals surface area contributed by atoms with E-state index < -0.39 is 0 Å². The summed E-state index contributed by atoms with van der Waals surface area (Å²) < 4.78 is 5.17. The molecule has 1 aromatic rings. The van der Waals surface area contributed by atoms with E-state index in [1.165, 1.54) is 5.56 Å². The van der Waals surface area contributed by atoms with Crippen LogP contribution in [0.25, 0.3) is 0 Å². The van der Waals surface area contributed by atoms with Crippen molar-refractivity contribution in [1.82, 2.24) is 15.1 Å². The van der Waals surface area contributed by atoms with E-state index in [2.05, 4.69) is 27.2 Å². The molecule has 124 valence electrons. The molecule has 0 saturated carbocycles. The Morgan fingerprint density at radius 1 is 1.22 bits per heavy atom. The van der Waals surface area contributed by atoms with Crippen LogP contribution in [0.2, 0.25) is 0 Å². The smallest absolute Gasteiger partial charge is 0.234 e. The van der Waals surface area contributed by atoms with Crippen LogP contribution in [0.4, 0.5) is 0 Å². The van der Waals surface area contributed by atoms with E-state index in [0.717, 1.165) is 38.5 Å². The van der Waals surface area contributed by atoms with E-state index in [0.29, 0.717) is 19.5 Å². The van der Waals surface area contributed by atoms with Gasteiger partial charge in [0.15, 0.2) is 0 Å². The SMILES string of the molecule is COc1ccc(CN2CCN(CC(=O)NCCC#N)CC2)cc1. The van der Waals surface area contributed by atoms with Crippen molar-refractivity contribution in [2.45, 2.75) is 13.0 Å². The Hall–Kier alpha value is -2.10. The van der Waals surface area contributed by atoms with Crippen LogP contribution < -0.4 is 10.1 Å². The van der Waals surface area contributed by atoms with Crippen LogP contribution in [0.1, 0.15) is 12.0 Å². The number of ether oxygens (including phenoxy) is 1. The van der Waals surface area contributed by atoms with E-state index in [-0.39, 0.29) is 5.91 Å². The van der Waals surface area contributed by atoms with Crippen molar-refractivity contribution in [1.29, 1.82) is 5.26 Å². The van der Waals surface area contributed by atoms with Gasteiger partial charge in [-0.3, -0.25) is 14.6 Å². The molecule has 6 heteroatoms. The Kier molecular flexibility index (Phi) is 6.85. The highest BCUT2D eigenvalue weighted by Crippen LogP contribution is 2.14. The van der Waals surface area contributed by atoms with E-state index in [1.54, 1.807) is 7.11 Å². The van der Waals surface area contributed by atoms with Crippen molar-refractivity contribution in [3.63, 3.8) is 0 Å². The van der Waals surface area contributed by atoms with Crippen molar-refractivity contribution in [2.24, 2.45) is 0 Å². The van der Waals surface area contributed by atoms with E-state index in [9.17, 15) is 4.79 Å². The first-order valence-electron chi connectivity index (χ1n) is 7.92. The number of nitrogens with one attached hydrogen (secondary N) is 1. The van der Waals surface area contributed by atoms with E-state index in [4.69, 9.17) is 10.00 Å². The molecule has 1 fully saturated rings. The average molecular weight is 316 g/mol. The van der Waals surface area contributed by atoms with Crippen molar-refractivity contribution in [3.05, 3.63) is 29.8 Å². The summed E-state index contributed by atoms with van der Waals surface area (Å²) in [7, 11) is 1.67. The number of hydrogen-bond acceptors (Lipinski definition) is 5. The molecule has 2 rings (SSSR count). The van der Waals surface area contributed by atoms with Crippen LogP contribution in [0, 0.1) is 11.3 Å². The monoisotopic (exact) mass is 316 g/mol. The summed E-state index contributed by atoms with van der Waals surface area (Å²) in [5.41, 5.74) is 1.27. The van der Waals surface area contributed by atoms with Gasteiger partial charge < -0.3 is 10.1 Å². The van der Waals surface area contributed by atoms with Crippen LogP contribution in [-0.2, 0) is 11.3 Å². The van der Waals surface area contributed by atoms with Crippen molar-refractivity contribution < 1.29 is 9.53 Å². The van der Waals surface area contributed by atoms with Gasteiger partial charge >= 0.3 is 0 Å². The third-order valence-electron chi connectivity index (χ3n) is 3.96. The summed E-state index contributed by atoms with van der Waals surface area (Å²) in [5.74, 6) is 0.879. The van der Waals surface area contributed by atoms with Crippen LogP contribution in [0.15, 0.2) is 24.3 Å². The Morgan fingerprint density at radius 2 is 1.87 bits per heavy atom. The lowest BCUT2D eigenvalue weighted by molar-refractivity contribution is -0.122. The van der Waals surface area contributed by atoms with E-state index >= 15 is 0 Å². The maximum atomic E-state index is 11.7. The average Bonchev–Trinajstić information content (AvgIpc) is 2.57. The Labute approximate surface area is 137 Å². The molecule has 0 spiro atoms. The standard InChI is InChI=1S/C17H24N4O2/c1-23-16-5-3-15(4-6-16)13-20-9-11-21(12-10-20)14-17(22)19-8-2-7-18/h3-6H,2,8-14H2,1H3,(H,19,22). The number of piperazine rings is 1. The van der Waals surface area contributed by atoms with Gasteiger partial charge in [-0.25, -0.2) is 0 Å². The molecule has 1 aliphatic rings. The highest BCUT2D eigenvalue weighted by Gasteiger charge is 2.18. The third-order valence-corrected chi connectivity index (χ3v) is 3.96. The Balaban J connectivity index is 1.69. The van der Waals surface area contributed by atoms with Crippen molar-refractivity contribution in [3.8, 4) is 11.8 Å². The highest BCUT2D eigenvalue weighted by atomic mass is 16.5. The molecule has 1 N–H and O–H groups in total. The second kappa shape index (κ2) is 9.13. The lowest BCUT2D eigenvalue weighted by atomic mass is 10.2. The number of amides is 1.